The van der Waals surface area contributed by atoms with E-state index in [1.54, 1.807) is 14.1 Å². The summed E-state index contributed by atoms with van der Waals surface area (Å²) in [6.45, 7) is 13.2. The second-order valence-corrected chi connectivity index (χ2v) is 5.44. The van der Waals surface area contributed by atoms with E-state index in [2.05, 4.69) is 10.6 Å². The third-order valence-corrected chi connectivity index (χ3v) is 3.74. The molecule has 6 nitrogen and oxygen atoms in total. The Morgan fingerprint density at radius 2 is 1.60 bits per heavy atom. The first kappa shape index (κ1) is 31.7. The number of thioether (sulfide) groups is 1. The van der Waals surface area contributed by atoms with Crippen molar-refractivity contribution in [2.75, 3.05) is 40.0 Å². The van der Waals surface area contributed by atoms with Crippen LogP contribution in [0, 0.1) is 0 Å². The summed E-state index contributed by atoms with van der Waals surface area (Å²) in [6, 6.07) is 0. The Morgan fingerprint density at radius 3 is 2.00 bits per heavy atom. The third-order valence-electron chi connectivity index (χ3n) is 2.59. The van der Waals surface area contributed by atoms with Crippen molar-refractivity contribution in [3.63, 3.8) is 0 Å². The molecule has 0 aromatic carbocycles. The smallest absolute Gasteiger partial charge is 0.223 e. The highest BCUT2D eigenvalue weighted by Gasteiger charge is 2.17. The summed E-state index contributed by atoms with van der Waals surface area (Å²) in [5.74, 6) is 0.572. The minimum absolute atomic E-state index is 0.102. The first-order valence-corrected chi connectivity index (χ1v) is 10.3. The molecular weight excluding hydrogens is 338 g/mol. The predicted octanol–water partition coefficient (Wildman–Crippen LogP) is 2.57. The van der Waals surface area contributed by atoms with Gasteiger partial charge in [0.1, 0.15) is 6.29 Å². The van der Waals surface area contributed by atoms with Crippen LogP contribution in [0.5, 0.6) is 0 Å². The quantitative estimate of drug-likeness (QED) is 0.450. The van der Waals surface area contributed by atoms with Gasteiger partial charge in [-0.15, -0.1) is 11.8 Å². The molecule has 0 heterocycles. The van der Waals surface area contributed by atoms with Crippen LogP contribution in [0.3, 0.4) is 0 Å². The summed E-state index contributed by atoms with van der Waals surface area (Å²) >= 11 is 1.46. The van der Waals surface area contributed by atoms with E-state index in [0.717, 1.165) is 18.6 Å². The van der Waals surface area contributed by atoms with Crippen molar-refractivity contribution in [1.29, 1.82) is 0 Å². The summed E-state index contributed by atoms with van der Waals surface area (Å²) in [6.07, 6.45) is 1.27. The van der Waals surface area contributed by atoms with E-state index in [9.17, 15) is 14.4 Å². The highest BCUT2D eigenvalue weighted by Crippen LogP contribution is 2.13. The zero-order valence-electron chi connectivity index (χ0n) is 17.8. The third kappa shape index (κ3) is 22.9. The molecule has 0 radical (unpaired) electrons. The molecule has 152 valence electrons. The fourth-order valence-electron chi connectivity index (χ4n) is 1.31. The molecule has 0 fully saturated rings. The Kier molecular flexibility index (Phi) is 35.2. The van der Waals surface area contributed by atoms with E-state index >= 15 is 0 Å². The van der Waals surface area contributed by atoms with Gasteiger partial charge in [0, 0.05) is 45.8 Å². The largest absolute Gasteiger partial charge is 0.359 e. The Bertz CT molecular complexity index is 303. The lowest BCUT2D eigenvalue weighted by molar-refractivity contribution is -0.131. The van der Waals surface area contributed by atoms with E-state index in [1.807, 2.05) is 48.6 Å². The van der Waals surface area contributed by atoms with Crippen LogP contribution in [0.4, 0.5) is 0 Å². The van der Waals surface area contributed by atoms with Gasteiger partial charge in [-0.05, 0) is 7.05 Å². The molecule has 7 heteroatoms. The average Bonchev–Trinajstić information content (AvgIpc) is 2.69. The molecule has 0 aliphatic carbocycles. The Hall–Kier alpha value is -1.08. The van der Waals surface area contributed by atoms with Crippen LogP contribution in [-0.2, 0) is 14.4 Å². The van der Waals surface area contributed by atoms with Gasteiger partial charge in [0.2, 0.25) is 11.8 Å². The van der Waals surface area contributed by atoms with Gasteiger partial charge in [0.25, 0.3) is 0 Å². The Balaban J connectivity index is -0.000000329. The molecular formula is C18H41N3O3S. The molecule has 0 aliphatic heterocycles. The molecule has 0 bridgehead atoms. The second-order valence-electron chi connectivity index (χ2n) is 4.09. The first-order valence-electron chi connectivity index (χ1n) is 9.21. The molecule has 0 saturated heterocycles. The second kappa shape index (κ2) is 27.8. The van der Waals surface area contributed by atoms with Crippen LogP contribution in [-0.4, -0.2) is 68.2 Å². The summed E-state index contributed by atoms with van der Waals surface area (Å²) < 4.78 is 0. The Morgan fingerprint density at radius 1 is 1.08 bits per heavy atom. The number of hydrogen-bond donors (Lipinski definition) is 2. The van der Waals surface area contributed by atoms with Crippen molar-refractivity contribution in [3.8, 4) is 0 Å². The fraction of sp³-hybridized carbons (Fsp3) is 0.833. The number of carbonyl (C=O) groups excluding carboxylic acids is 3. The van der Waals surface area contributed by atoms with Gasteiger partial charge in [0.15, 0.2) is 0 Å². The van der Waals surface area contributed by atoms with Crippen LogP contribution < -0.4 is 10.6 Å². The average molecular weight is 380 g/mol. The van der Waals surface area contributed by atoms with Gasteiger partial charge in [-0.25, -0.2) is 0 Å². The van der Waals surface area contributed by atoms with E-state index in [4.69, 9.17) is 0 Å². The maximum atomic E-state index is 11.9. The molecule has 1 atom stereocenters. The van der Waals surface area contributed by atoms with E-state index in [0.29, 0.717) is 6.54 Å². The molecule has 0 saturated carbocycles. The fourth-order valence-corrected chi connectivity index (χ4v) is 2.27. The normalized spacial score (nSPS) is 9.64. The van der Waals surface area contributed by atoms with Crippen LogP contribution in [0.15, 0.2) is 0 Å². The van der Waals surface area contributed by atoms with E-state index < -0.39 is 0 Å². The summed E-state index contributed by atoms with van der Waals surface area (Å²) in [7, 11) is 5.05. The number of aldehydes is 1. The number of hydrogen-bond acceptors (Lipinski definition) is 5. The van der Waals surface area contributed by atoms with Crippen LogP contribution >= 0.6 is 11.8 Å². The summed E-state index contributed by atoms with van der Waals surface area (Å²) in [5.41, 5.74) is 0. The lowest BCUT2D eigenvalue weighted by Gasteiger charge is -2.18. The molecule has 2 N–H and O–H groups in total. The lowest BCUT2D eigenvalue weighted by atomic mass is 10.3. The van der Waals surface area contributed by atoms with Crippen molar-refractivity contribution in [2.24, 2.45) is 0 Å². The predicted molar refractivity (Wildman–Crippen MR) is 111 cm³/mol. The molecule has 25 heavy (non-hydrogen) atoms. The lowest BCUT2D eigenvalue weighted by Crippen LogP contribution is -2.33. The first-order chi connectivity index (χ1) is 12.0. The molecule has 0 spiro atoms. The van der Waals surface area contributed by atoms with Gasteiger partial charge in [0.05, 0.1) is 5.25 Å². The van der Waals surface area contributed by atoms with Crippen molar-refractivity contribution < 1.29 is 14.4 Å². The van der Waals surface area contributed by atoms with Gasteiger partial charge >= 0.3 is 0 Å². The topological polar surface area (TPSA) is 78.5 Å². The van der Waals surface area contributed by atoms with E-state index in [1.165, 1.54) is 16.7 Å². The molecule has 2 amide bonds. The van der Waals surface area contributed by atoms with Gasteiger partial charge in [-0.1, -0.05) is 41.5 Å². The number of amides is 2. The minimum Gasteiger partial charge on any atom is -0.359 e. The van der Waals surface area contributed by atoms with Crippen molar-refractivity contribution in [3.05, 3.63) is 0 Å². The van der Waals surface area contributed by atoms with Gasteiger partial charge in [-0.2, -0.15) is 0 Å². The van der Waals surface area contributed by atoms with Gasteiger partial charge < -0.3 is 20.3 Å². The zero-order valence-corrected chi connectivity index (χ0v) is 18.6. The molecule has 0 rings (SSSR count). The molecule has 0 aromatic rings. The zero-order chi connectivity index (χ0) is 20.7. The number of carbonyl (C=O) groups is 3. The highest BCUT2D eigenvalue weighted by molar-refractivity contribution is 8.00. The van der Waals surface area contributed by atoms with Crippen LogP contribution in [0.25, 0.3) is 0 Å². The maximum absolute atomic E-state index is 11.9. The number of nitrogens with one attached hydrogen (secondary N) is 2. The molecule has 1 unspecified atom stereocenters. The molecule has 0 aromatic heterocycles. The van der Waals surface area contributed by atoms with Crippen LogP contribution in [0.2, 0.25) is 0 Å². The van der Waals surface area contributed by atoms with E-state index in [-0.39, 0.29) is 29.9 Å². The number of rotatable bonds is 10. The SMILES string of the molecule is CC.CC.CC.CNCCSC(C=O)CC(=O)N(C)CCC(=O)NC. The summed E-state index contributed by atoms with van der Waals surface area (Å²) in [4.78, 5) is 35.3. The van der Waals surface area contributed by atoms with Crippen molar-refractivity contribution >= 4 is 29.9 Å². The van der Waals surface area contributed by atoms with Crippen molar-refractivity contribution in [1.82, 2.24) is 15.5 Å². The highest BCUT2D eigenvalue weighted by atomic mass is 32.2. The van der Waals surface area contributed by atoms with Crippen molar-refractivity contribution in [2.45, 2.75) is 59.6 Å². The van der Waals surface area contributed by atoms with Gasteiger partial charge in [-0.3, -0.25) is 9.59 Å². The number of nitrogens with zero attached hydrogens (tertiary/aromatic N) is 1. The summed E-state index contributed by atoms with van der Waals surface area (Å²) in [5, 5.41) is 5.17. The minimum atomic E-state index is -0.316. The Labute approximate surface area is 159 Å². The monoisotopic (exact) mass is 379 g/mol. The maximum Gasteiger partial charge on any atom is 0.223 e. The standard InChI is InChI=1S/C12H23N3O3S.3C2H6/c1-13-5-7-19-10(9-16)8-12(18)15(3)6-4-11(17)14-2;3*1-2/h9-10,13H,4-8H2,1-3H3,(H,14,17);3*1-2H3. The molecule has 0 aliphatic rings. The van der Waals surface area contributed by atoms with Crippen LogP contribution in [0.1, 0.15) is 54.4 Å².